The first-order chi connectivity index (χ1) is 10.3. The average Bonchev–Trinajstić information content (AvgIpc) is 3.05. The molecule has 1 aromatic heterocycles. The molecule has 1 N–H and O–H groups in total. The van der Waals surface area contributed by atoms with Crippen molar-refractivity contribution in [3.8, 4) is 5.69 Å². The van der Waals surface area contributed by atoms with E-state index in [4.69, 9.17) is 0 Å². The van der Waals surface area contributed by atoms with Crippen LogP contribution in [0.4, 0.5) is 0 Å². The van der Waals surface area contributed by atoms with Crippen LogP contribution in [-0.4, -0.2) is 52.0 Å². The highest BCUT2D eigenvalue weighted by Crippen LogP contribution is 2.13. The number of hydrogen-bond acceptors (Lipinski definition) is 4. The average molecular weight is 322 g/mol. The lowest BCUT2D eigenvalue weighted by atomic mass is 10.1. The number of aromatic nitrogens is 3. The quantitative estimate of drug-likeness (QED) is 0.931. The summed E-state index contributed by atoms with van der Waals surface area (Å²) in [5.41, 5.74) is 1.31. The van der Waals surface area contributed by atoms with Gasteiger partial charge in [0.05, 0.1) is 11.9 Å². The molecule has 1 aliphatic heterocycles. The van der Waals surface area contributed by atoms with E-state index in [1.165, 1.54) is 0 Å². The Balaban J connectivity index is 0.00000176. The number of likely N-dealkylation sites (tertiary alicyclic amines) is 1. The van der Waals surface area contributed by atoms with Crippen LogP contribution in [0.25, 0.3) is 5.69 Å². The van der Waals surface area contributed by atoms with Gasteiger partial charge >= 0.3 is 0 Å². The van der Waals surface area contributed by atoms with E-state index in [0.717, 1.165) is 31.6 Å². The first-order valence-corrected chi connectivity index (χ1v) is 7.22. The van der Waals surface area contributed by atoms with E-state index >= 15 is 0 Å². The maximum atomic E-state index is 12.4. The number of nitrogens with zero attached hydrogens (tertiary/aromatic N) is 4. The number of amides is 1. The van der Waals surface area contributed by atoms with Crippen molar-refractivity contribution in [3.63, 3.8) is 0 Å². The number of piperidine rings is 1. The Labute approximate surface area is 135 Å². The van der Waals surface area contributed by atoms with Crippen molar-refractivity contribution in [2.75, 3.05) is 20.1 Å². The normalized spacial score (nSPS) is 15.4. The van der Waals surface area contributed by atoms with Crippen LogP contribution >= 0.6 is 12.4 Å². The molecule has 1 saturated heterocycles. The minimum atomic E-state index is -0.0354. The van der Waals surface area contributed by atoms with E-state index in [-0.39, 0.29) is 18.3 Å². The molecule has 2 aromatic rings. The number of nitrogens with one attached hydrogen (secondary N) is 1. The molecule has 0 saturated carbocycles. The first-order valence-electron chi connectivity index (χ1n) is 7.22. The molecule has 6 nitrogen and oxygen atoms in total. The predicted molar refractivity (Wildman–Crippen MR) is 86.6 cm³/mol. The minimum absolute atomic E-state index is 0. The van der Waals surface area contributed by atoms with Gasteiger partial charge in [0.15, 0.2) is 5.69 Å². The third kappa shape index (κ3) is 3.45. The molecule has 0 radical (unpaired) electrons. The van der Waals surface area contributed by atoms with Crippen molar-refractivity contribution in [1.29, 1.82) is 0 Å². The fourth-order valence-corrected chi connectivity index (χ4v) is 2.60. The lowest BCUT2D eigenvalue weighted by Gasteiger charge is -2.31. The second-order valence-electron chi connectivity index (χ2n) is 5.24. The molecule has 3 rings (SSSR count). The SMILES string of the molecule is CNC1CCN(C(=O)c2cn(-c3ccccc3)nn2)CC1.Cl. The van der Waals surface area contributed by atoms with E-state index in [2.05, 4.69) is 15.6 Å². The third-order valence-corrected chi connectivity index (χ3v) is 3.92. The topological polar surface area (TPSA) is 63.1 Å². The van der Waals surface area contributed by atoms with E-state index < -0.39 is 0 Å². The van der Waals surface area contributed by atoms with Gasteiger partial charge in [-0.3, -0.25) is 4.79 Å². The molecule has 0 aliphatic carbocycles. The molecular formula is C15H20ClN5O. The van der Waals surface area contributed by atoms with Gasteiger partial charge in [-0.25, -0.2) is 4.68 Å². The van der Waals surface area contributed by atoms with E-state index in [1.807, 2.05) is 42.3 Å². The molecule has 118 valence electrons. The highest BCUT2D eigenvalue weighted by molar-refractivity contribution is 5.92. The smallest absolute Gasteiger partial charge is 0.276 e. The van der Waals surface area contributed by atoms with Crippen LogP contribution in [0.2, 0.25) is 0 Å². The Hall–Kier alpha value is -1.92. The largest absolute Gasteiger partial charge is 0.337 e. The number of rotatable bonds is 3. The summed E-state index contributed by atoms with van der Waals surface area (Å²) in [5.74, 6) is -0.0354. The third-order valence-electron chi connectivity index (χ3n) is 3.92. The number of benzene rings is 1. The second kappa shape index (κ2) is 7.38. The van der Waals surface area contributed by atoms with Crippen LogP contribution in [0.5, 0.6) is 0 Å². The maximum Gasteiger partial charge on any atom is 0.276 e. The fraction of sp³-hybridized carbons (Fsp3) is 0.400. The van der Waals surface area contributed by atoms with E-state index in [0.29, 0.717) is 11.7 Å². The van der Waals surface area contributed by atoms with Crippen LogP contribution in [-0.2, 0) is 0 Å². The Morgan fingerprint density at radius 3 is 2.55 bits per heavy atom. The van der Waals surface area contributed by atoms with Gasteiger partial charge in [-0.15, -0.1) is 17.5 Å². The molecule has 1 amide bonds. The number of halogens is 1. The summed E-state index contributed by atoms with van der Waals surface area (Å²) in [6.45, 7) is 1.53. The Kier molecular flexibility index (Phi) is 5.51. The molecule has 0 unspecified atom stereocenters. The Morgan fingerprint density at radius 2 is 1.91 bits per heavy atom. The molecule has 1 fully saturated rings. The van der Waals surface area contributed by atoms with Crippen molar-refractivity contribution in [3.05, 3.63) is 42.2 Å². The van der Waals surface area contributed by atoms with Crippen LogP contribution < -0.4 is 5.32 Å². The zero-order chi connectivity index (χ0) is 14.7. The van der Waals surface area contributed by atoms with Crippen molar-refractivity contribution in [2.24, 2.45) is 0 Å². The van der Waals surface area contributed by atoms with Gasteiger partial charge in [-0.2, -0.15) is 0 Å². The van der Waals surface area contributed by atoms with Gasteiger partial charge in [-0.05, 0) is 32.0 Å². The number of hydrogen-bond donors (Lipinski definition) is 1. The predicted octanol–water partition coefficient (Wildman–Crippen LogP) is 1.51. The molecule has 1 aromatic carbocycles. The van der Waals surface area contributed by atoms with E-state index in [9.17, 15) is 4.79 Å². The van der Waals surface area contributed by atoms with Crippen molar-refractivity contribution in [1.82, 2.24) is 25.2 Å². The number of carbonyl (C=O) groups is 1. The molecular weight excluding hydrogens is 302 g/mol. The standard InChI is InChI=1S/C15H19N5O.ClH/c1-16-12-7-9-19(10-8-12)15(21)14-11-20(18-17-14)13-5-3-2-4-6-13;/h2-6,11-12,16H,7-10H2,1H3;1H. The van der Waals surface area contributed by atoms with Gasteiger partial charge in [-0.1, -0.05) is 23.4 Å². The molecule has 1 aliphatic rings. The number of carbonyl (C=O) groups excluding carboxylic acids is 1. The summed E-state index contributed by atoms with van der Waals surface area (Å²) in [7, 11) is 1.97. The Morgan fingerprint density at radius 1 is 1.23 bits per heavy atom. The summed E-state index contributed by atoms with van der Waals surface area (Å²) in [6.07, 6.45) is 3.66. The van der Waals surface area contributed by atoms with Gasteiger partial charge in [0.25, 0.3) is 5.91 Å². The van der Waals surface area contributed by atoms with Crippen LogP contribution in [0.1, 0.15) is 23.3 Å². The summed E-state index contributed by atoms with van der Waals surface area (Å²) < 4.78 is 1.63. The van der Waals surface area contributed by atoms with Crippen molar-refractivity contribution >= 4 is 18.3 Å². The number of para-hydroxylation sites is 1. The zero-order valence-electron chi connectivity index (χ0n) is 12.5. The lowest BCUT2D eigenvalue weighted by molar-refractivity contribution is 0.0701. The minimum Gasteiger partial charge on any atom is -0.337 e. The van der Waals surface area contributed by atoms with Crippen LogP contribution in [0.15, 0.2) is 36.5 Å². The Bertz CT molecular complexity index is 607. The fourth-order valence-electron chi connectivity index (χ4n) is 2.60. The second-order valence-corrected chi connectivity index (χ2v) is 5.24. The molecule has 0 bridgehead atoms. The lowest BCUT2D eigenvalue weighted by Crippen LogP contribution is -2.44. The zero-order valence-corrected chi connectivity index (χ0v) is 13.3. The van der Waals surface area contributed by atoms with E-state index in [1.54, 1.807) is 10.9 Å². The summed E-state index contributed by atoms with van der Waals surface area (Å²) in [4.78, 5) is 14.3. The van der Waals surface area contributed by atoms with Crippen molar-refractivity contribution in [2.45, 2.75) is 18.9 Å². The van der Waals surface area contributed by atoms with Crippen LogP contribution in [0, 0.1) is 0 Å². The van der Waals surface area contributed by atoms with Crippen LogP contribution in [0.3, 0.4) is 0 Å². The molecule has 0 atom stereocenters. The first kappa shape index (κ1) is 16.5. The monoisotopic (exact) mass is 321 g/mol. The maximum absolute atomic E-state index is 12.4. The summed E-state index contributed by atoms with van der Waals surface area (Å²) in [5, 5.41) is 11.3. The molecule has 0 spiro atoms. The summed E-state index contributed by atoms with van der Waals surface area (Å²) >= 11 is 0. The highest BCUT2D eigenvalue weighted by atomic mass is 35.5. The molecule has 7 heteroatoms. The van der Waals surface area contributed by atoms with Gasteiger partial charge < -0.3 is 10.2 Å². The molecule has 22 heavy (non-hydrogen) atoms. The summed E-state index contributed by atoms with van der Waals surface area (Å²) in [6, 6.07) is 10.2. The highest BCUT2D eigenvalue weighted by Gasteiger charge is 2.24. The molecule has 2 heterocycles. The van der Waals surface area contributed by atoms with Gasteiger partial charge in [0.1, 0.15) is 0 Å². The van der Waals surface area contributed by atoms with Gasteiger partial charge in [0, 0.05) is 19.1 Å². The van der Waals surface area contributed by atoms with Crippen molar-refractivity contribution < 1.29 is 4.79 Å². The van der Waals surface area contributed by atoms with Gasteiger partial charge in [0.2, 0.25) is 0 Å².